The van der Waals surface area contributed by atoms with E-state index in [1.165, 1.54) is 10.4 Å². The van der Waals surface area contributed by atoms with Gasteiger partial charge in [0.2, 0.25) is 0 Å². The van der Waals surface area contributed by atoms with Crippen LogP contribution in [0.4, 0.5) is 9.93 Å². The number of amides is 1. The van der Waals surface area contributed by atoms with Gasteiger partial charge >= 0.3 is 6.09 Å². The average Bonchev–Trinajstić information content (AvgIpc) is 3.22. The fraction of sp³-hybridized carbons (Fsp3) is 0.414. The number of hydrogen-bond donors (Lipinski definition) is 1. The van der Waals surface area contributed by atoms with Crippen LogP contribution in [0.25, 0.3) is 11.3 Å². The highest BCUT2D eigenvalue weighted by Crippen LogP contribution is 2.37. The molecule has 1 amide bonds. The number of thiazole rings is 1. The van der Waals surface area contributed by atoms with Crippen LogP contribution in [0.1, 0.15) is 52.0 Å². The third-order valence-corrected chi connectivity index (χ3v) is 7.25. The number of nitrogens with zero attached hydrogens (tertiary/aromatic N) is 3. The zero-order valence-electron chi connectivity index (χ0n) is 22.8. The molecule has 0 radical (unpaired) electrons. The topological polar surface area (TPSA) is 66.8 Å². The summed E-state index contributed by atoms with van der Waals surface area (Å²) < 4.78 is 5.29. The number of carbonyl (C=O) groups excluding carboxylic acids is 1. The molecule has 0 spiro atoms. The van der Waals surface area contributed by atoms with Gasteiger partial charge in [-0.05, 0) is 57.7 Å². The number of aliphatic imine (C=N–C) groups is 1. The Labute approximate surface area is 240 Å². The Hall–Kier alpha value is -2.61. The van der Waals surface area contributed by atoms with E-state index in [4.69, 9.17) is 32.9 Å². The summed E-state index contributed by atoms with van der Waals surface area (Å²) in [6.07, 6.45) is 0.305. The summed E-state index contributed by atoms with van der Waals surface area (Å²) in [5.41, 5.74) is 2.49. The Morgan fingerprint density at radius 3 is 2.47 bits per heavy atom. The first-order valence-corrected chi connectivity index (χ1v) is 14.2. The van der Waals surface area contributed by atoms with E-state index in [9.17, 15) is 4.79 Å². The van der Waals surface area contributed by atoms with Crippen LogP contribution in [0.2, 0.25) is 10.0 Å². The predicted octanol–water partition coefficient (Wildman–Crippen LogP) is 8.27. The number of hydrogen-bond acceptors (Lipinski definition) is 5. The van der Waals surface area contributed by atoms with E-state index in [0.29, 0.717) is 41.4 Å². The maximum absolute atomic E-state index is 12.1. The fourth-order valence-electron chi connectivity index (χ4n) is 3.73. The van der Waals surface area contributed by atoms with Crippen LogP contribution in [-0.2, 0) is 17.7 Å². The van der Waals surface area contributed by atoms with Gasteiger partial charge in [-0.15, -0.1) is 11.3 Å². The Morgan fingerprint density at radius 1 is 1.13 bits per heavy atom. The lowest BCUT2D eigenvalue weighted by Gasteiger charge is -2.22. The molecule has 0 aliphatic heterocycles. The molecule has 0 fully saturated rings. The van der Waals surface area contributed by atoms with Gasteiger partial charge in [0.15, 0.2) is 5.13 Å². The van der Waals surface area contributed by atoms with Crippen molar-refractivity contribution < 1.29 is 9.53 Å². The number of carbonyl (C=O) groups is 1. The molecule has 3 aromatic rings. The van der Waals surface area contributed by atoms with Crippen molar-refractivity contribution in [3.63, 3.8) is 0 Å². The Balaban J connectivity index is 1.86. The van der Waals surface area contributed by atoms with Crippen LogP contribution < -0.4 is 10.2 Å². The summed E-state index contributed by atoms with van der Waals surface area (Å²) in [5.74, 6) is 0.982. The summed E-state index contributed by atoms with van der Waals surface area (Å²) in [6, 6.07) is 16.0. The smallest absolute Gasteiger partial charge is 0.435 e. The minimum Gasteiger partial charge on any atom is -0.442 e. The highest BCUT2D eigenvalue weighted by atomic mass is 35.5. The first kappa shape index (κ1) is 29.9. The highest BCUT2D eigenvalue weighted by Gasteiger charge is 2.20. The number of nitrogens with one attached hydrogen (secondary N) is 1. The van der Waals surface area contributed by atoms with Crippen LogP contribution in [0.3, 0.4) is 0 Å². The number of anilines is 1. The van der Waals surface area contributed by atoms with Gasteiger partial charge in [0.1, 0.15) is 11.4 Å². The minimum atomic E-state index is -0.604. The second-order valence-corrected chi connectivity index (χ2v) is 12.4. The van der Waals surface area contributed by atoms with Crippen molar-refractivity contribution in [3.8, 4) is 11.3 Å². The van der Waals surface area contributed by atoms with E-state index in [1.54, 1.807) is 18.3 Å². The lowest BCUT2D eigenvalue weighted by molar-refractivity contribution is 0.0603. The summed E-state index contributed by atoms with van der Waals surface area (Å²) in [4.78, 5) is 24.6. The number of ether oxygens (including phenoxy) is 1. The molecule has 1 heterocycles. The van der Waals surface area contributed by atoms with Crippen LogP contribution in [0.5, 0.6) is 0 Å². The Bertz CT molecular complexity index is 1250. The van der Waals surface area contributed by atoms with E-state index in [0.717, 1.165) is 22.8 Å². The molecule has 38 heavy (non-hydrogen) atoms. The van der Waals surface area contributed by atoms with Crippen molar-refractivity contribution >= 4 is 51.6 Å². The van der Waals surface area contributed by atoms with Gasteiger partial charge in [0.05, 0.1) is 15.7 Å². The molecule has 0 saturated heterocycles. The number of benzene rings is 2. The van der Waals surface area contributed by atoms with Gasteiger partial charge in [-0.1, -0.05) is 73.4 Å². The largest absolute Gasteiger partial charge is 0.442 e. The summed E-state index contributed by atoms with van der Waals surface area (Å²) >= 11 is 14.2. The molecule has 0 bridgehead atoms. The highest BCUT2D eigenvalue weighted by molar-refractivity contribution is 7.16. The van der Waals surface area contributed by atoms with E-state index in [2.05, 4.69) is 41.2 Å². The number of rotatable bonds is 9. The standard InChI is InChI=1S/C29H36Cl2N4O2S/c1-19(2)16-25-26(22-12-13-23(30)24(31)17-22)34-27(38-25)35(18-21-10-8-7-9-11-21)15-14-32-20(3)33-28(36)37-29(4,5)6/h7-13,17,19H,14-16,18H2,1-6H3,(H,32,33,36). The normalized spacial score (nSPS) is 12.1. The monoisotopic (exact) mass is 574 g/mol. The molecule has 1 N–H and O–H groups in total. The molecule has 3 rings (SSSR count). The van der Waals surface area contributed by atoms with Crippen molar-refractivity contribution in [3.05, 3.63) is 69.0 Å². The summed E-state index contributed by atoms with van der Waals surface area (Å²) in [5, 5.41) is 5.20. The zero-order chi connectivity index (χ0) is 27.9. The van der Waals surface area contributed by atoms with Gasteiger partial charge in [-0.25, -0.2) is 9.78 Å². The molecule has 0 saturated carbocycles. The van der Waals surface area contributed by atoms with E-state index < -0.39 is 11.7 Å². The second-order valence-electron chi connectivity index (χ2n) is 10.5. The molecule has 0 atom stereocenters. The average molecular weight is 576 g/mol. The van der Waals surface area contributed by atoms with Crippen LogP contribution in [-0.4, -0.2) is 35.6 Å². The SMILES string of the molecule is C/C(=N\C(=O)OC(C)(C)C)NCCN(Cc1ccccc1)c1nc(-c2ccc(Cl)c(Cl)c2)c(CC(C)C)s1. The van der Waals surface area contributed by atoms with Gasteiger partial charge in [-0.3, -0.25) is 0 Å². The van der Waals surface area contributed by atoms with Crippen molar-refractivity contribution in [1.29, 1.82) is 0 Å². The molecule has 0 aliphatic rings. The van der Waals surface area contributed by atoms with E-state index in [-0.39, 0.29) is 0 Å². The number of amidine groups is 1. The molecule has 0 aliphatic carbocycles. The maximum Gasteiger partial charge on any atom is 0.435 e. The lowest BCUT2D eigenvalue weighted by Crippen LogP contribution is -2.34. The number of halogens is 2. The van der Waals surface area contributed by atoms with Crippen molar-refractivity contribution in [2.45, 2.75) is 60.1 Å². The Morgan fingerprint density at radius 2 is 1.84 bits per heavy atom. The van der Waals surface area contributed by atoms with Gasteiger partial charge in [0, 0.05) is 30.1 Å². The maximum atomic E-state index is 12.1. The summed E-state index contributed by atoms with van der Waals surface area (Å²) in [7, 11) is 0. The Kier molecular flexibility index (Phi) is 10.6. The molecular weight excluding hydrogens is 539 g/mol. The predicted molar refractivity (Wildman–Crippen MR) is 161 cm³/mol. The van der Waals surface area contributed by atoms with E-state index >= 15 is 0 Å². The first-order valence-electron chi connectivity index (χ1n) is 12.7. The molecule has 2 aromatic carbocycles. The van der Waals surface area contributed by atoms with Crippen molar-refractivity contribution in [2.24, 2.45) is 10.9 Å². The third kappa shape index (κ3) is 9.29. The van der Waals surface area contributed by atoms with Gasteiger partial charge in [-0.2, -0.15) is 4.99 Å². The second kappa shape index (κ2) is 13.5. The van der Waals surface area contributed by atoms with Gasteiger partial charge in [0.25, 0.3) is 0 Å². The summed E-state index contributed by atoms with van der Waals surface area (Å²) in [6.45, 7) is 13.6. The minimum absolute atomic E-state index is 0.473. The van der Waals surface area contributed by atoms with Crippen LogP contribution in [0, 0.1) is 5.92 Å². The van der Waals surface area contributed by atoms with Crippen LogP contribution in [0.15, 0.2) is 53.5 Å². The third-order valence-electron chi connectivity index (χ3n) is 5.37. The zero-order valence-corrected chi connectivity index (χ0v) is 25.2. The molecule has 9 heteroatoms. The molecule has 1 aromatic heterocycles. The first-order chi connectivity index (χ1) is 17.9. The molecular formula is C29H36Cl2N4O2S. The van der Waals surface area contributed by atoms with E-state index in [1.807, 2.05) is 57.2 Å². The van der Waals surface area contributed by atoms with Crippen molar-refractivity contribution in [2.75, 3.05) is 18.0 Å². The van der Waals surface area contributed by atoms with Crippen molar-refractivity contribution in [1.82, 2.24) is 10.3 Å². The van der Waals surface area contributed by atoms with Crippen LogP contribution >= 0.6 is 34.5 Å². The quantitative estimate of drug-likeness (QED) is 0.206. The molecule has 0 unspecified atom stereocenters. The lowest BCUT2D eigenvalue weighted by atomic mass is 10.0. The van der Waals surface area contributed by atoms with Gasteiger partial charge < -0.3 is 15.0 Å². The molecule has 6 nitrogen and oxygen atoms in total. The molecule has 204 valence electrons. The fourth-order valence-corrected chi connectivity index (χ4v) is 5.35. The number of aromatic nitrogens is 1.